The Morgan fingerprint density at radius 1 is 1.33 bits per heavy atom. The number of hydrogen-bond acceptors (Lipinski definition) is 3. The standard InChI is InChI=1S/C11H11FN2S/c12-10-4-2-1-3-8(10)5-11-14-9(6-13)7-15-11/h1-4,7H,5-6,13H2. The quantitative estimate of drug-likeness (QED) is 0.865. The molecule has 1 aromatic heterocycles. The fourth-order valence-electron chi connectivity index (χ4n) is 1.33. The molecule has 2 N–H and O–H groups in total. The summed E-state index contributed by atoms with van der Waals surface area (Å²) in [5.41, 5.74) is 7.00. The van der Waals surface area contributed by atoms with Crippen LogP contribution in [0.15, 0.2) is 29.6 Å². The van der Waals surface area contributed by atoms with Gasteiger partial charge >= 0.3 is 0 Å². The zero-order chi connectivity index (χ0) is 10.7. The van der Waals surface area contributed by atoms with E-state index >= 15 is 0 Å². The van der Waals surface area contributed by atoms with Crippen LogP contribution in [-0.2, 0) is 13.0 Å². The van der Waals surface area contributed by atoms with Crippen LogP contribution in [0.2, 0.25) is 0 Å². The molecule has 0 amide bonds. The molecule has 15 heavy (non-hydrogen) atoms. The average molecular weight is 222 g/mol. The second-order valence-electron chi connectivity index (χ2n) is 3.20. The van der Waals surface area contributed by atoms with Crippen molar-refractivity contribution in [2.45, 2.75) is 13.0 Å². The van der Waals surface area contributed by atoms with Gasteiger partial charge in [-0.2, -0.15) is 0 Å². The third kappa shape index (κ3) is 2.40. The van der Waals surface area contributed by atoms with Crippen LogP contribution in [0.1, 0.15) is 16.3 Å². The van der Waals surface area contributed by atoms with Gasteiger partial charge in [-0.15, -0.1) is 11.3 Å². The van der Waals surface area contributed by atoms with E-state index < -0.39 is 0 Å². The van der Waals surface area contributed by atoms with Crippen molar-refractivity contribution in [3.8, 4) is 0 Å². The largest absolute Gasteiger partial charge is 0.325 e. The van der Waals surface area contributed by atoms with Gasteiger partial charge in [-0.1, -0.05) is 18.2 Å². The first-order valence-electron chi connectivity index (χ1n) is 4.66. The van der Waals surface area contributed by atoms with Crippen molar-refractivity contribution in [3.05, 3.63) is 51.7 Å². The topological polar surface area (TPSA) is 38.9 Å². The summed E-state index contributed by atoms with van der Waals surface area (Å²) in [4.78, 5) is 4.29. The molecular weight excluding hydrogens is 211 g/mol. The number of nitrogens with two attached hydrogens (primary N) is 1. The summed E-state index contributed by atoms with van der Waals surface area (Å²) in [7, 11) is 0. The second kappa shape index (κ2) is 4.51. The molecule has 0 atom stereocenters. The van der Waals surface area contributed by atoms with Gasteiger partial charge < -0.3 is 5.73 Å². The lowest BCUT2D eigenvalue weighted by molar-refractivity contribution is 0.613. The highest BCUT2D eigenvalue weighted by Crippen LogP contribution is 2.16. The van der Waals surface area contributed by atoms with Crippen LogP contribution in [0.4, 0.5) is 4.39 Å². The normalized spacial score (nSPS) is 10.5. The molecule has 0 saturated carbocycles. The molecule has 2 nitrogen and oxygen atoms in total. The van der Waals surface area contributed by atoms with E-state index in [-0.39, 0.29) is 5.82 Å². The minimum Gasteiger partial charge on any atom is -0.325 e. The maximum atomic E-state index is 13.3. The molecule has 0 bridgehead atoms. The lowest BCUT2D eigenvalue weighted by Crippen LogP contribution is -1.97. The molecule has 0 aliphatic carbocycles. The number of halogens is 1. The zero-order valence-corrected chi connectivity index (χ0v) is 8.93. The molecule has 2 aromatic rings. The van der Waals surface area contributed by atoms with Crippen molar-refractivity contribution < 1.29 is 4.39 Å². The Morgan fingerprint density at radius 3 is 2.80 bits per heavy atom. The SMILES string of the molecule is NCc1csc(Cc2ccccc2F)n1. The van der Waals surface area contributed by atoms with Crippen LogP contribution >= 0.6 is 11.3 Å². The number of benzene rings is 1. The average Bonchev–Trinajstić information content (AvgIpc) is 2.69. The highest BCUT2D eigenvalue weighted by molar-refractivity contribution is 7.09. The molecule has 0 radical (unpaired) electrons. The maximum absolute atomic E-state index is 13.3. The van der Waals surface area contributed by atoms with Crippen molar-refractivity contribution in [2.24, 2.45) is 5.73 Å². The van der Waals surface area contributed by atoms with Crippen molar-refractivity contribution in [2.75, 3.05) is 0 Å². The first kappa shape index (κ1) is 10.3. The molecule has 78 valence electrons. The van der Waals surface area contributed by atoms with Gasteiger partial charge in [0.05, 0.1) is 10.7 Å². The van der Waals surface area contributed by atoms with E-state index in [2.05, 4.69) is 4.98 Å². The van der Waals surface area contributed by atoms with E-state index in [1.54, 1.807) is 12.1 Å². The van der Waals surface area contributed by atoms with Gasteiger partial charge in [0, 0.05) is 18.3 Å². The third-order valence-electron chi connectivity index (χ3n) is 2.11. The molecule has 2 rings (SSSR count). The predicted octanol–water partition coefficient (Wildman–Crippen LogP) is 2.33. The van der Waals surface area contributed by atoms with Crippen LogP contribution in [0.5, 0.6) is 0 Å². The maximum Gasteiger partial charge on any atom is 0.126 e. The molecule has 1 aromatic carbocycles. The Labute approximate surface area is 91.6 Å². The summed E-state index contributed by atoms with van der Waals surface area (Å²) >= 11 is 1.52. The Balaban J connectivity index is 2.18. The van der Waals surface area contributed by atoms with E-state index in [0.29, 0.717) is 18.5 Å². The van der Waals surface area contributed by atoms with Crippen molar-refractivity contribution >= 4 is 11.3 Å². The fraction of sp³-hybridized carbons (Fsp3) is 0.182. The van der Waals surface area contributed by atoms with Gasteiger partial charge in [-0.25, -0.2) is 9.37 Å². The molecule has 0 saturated heterocycles. The lowest BCUT2D eigenvalue weighted by Gasteiger charge is -1.98. The van der Waals surface area contributed by atoms with Crippen LogP contribution in [0.3, 0.4) is 0 Å². The van der Waals surface area contributed by atoms with Crippen LogP contribution in [-0.4, -0.2) is 4.98 Å². The van der Waals surface area contributed by atoms with Gasteiger partial charge in [0.25, 0.3) is 0 Å². The van der Waals surface area contributed by atoms with E-state index in [0.717, 1.165) is 10.7 Å². The summed E-state index contributed by atoms with van der Waals surface area (Å²) in [6.07, 6.45) is 0.539. The van der Waals surface area contributed by atoms with Crippen molar-refractivity contribution in [1.29, 1.82) is 0 Å². The minimum atomic E-state index is -0.179. The minimum absolute atomic E-state index is 0.179. The zero-order valence-electron chi connectivity index (χ0n) is 8.11. The molecule has 0 aliphatic rings. The van der Waals surface area contributed by atoms with Gasteiger partial charge in [-0.05, 0) is 11.6 Å². The van der Waals surface area contributed by atoms with E-state index in [1.165, 1.54) is 17.4 Å². The fourth-order valence-corrected chi connectivity index (χ4v) is 2.16. The van der Waals surface area contributed by atoms with Crippen LogP contribution < -0.4 is 5.73 Å². The Bertz CT molecular complexity index is 453. The van der Waals surface area contributed by atoms with E-state index in [9.17, 15) is 4.39 Å². The number of nitrogens with zero attached hydrogens (tertiary/aromatic N) is 1. The van der Waals surface area contributed by atoms with Crippen molar-refractivity contribution in [3.63, 3.8) is 0 Å². The smallest absolute Gasteiger partial charge is 0.126 e. The first-order chi connectivity index (χ1) is 7.29. The predicted molar refractivity (Wildman–Crippen MR) is 59.2 cm³/mol. The summed E-state index contributed by atoms with van der Waals surface area (Å²) in [6.45, 7) is 0.438. The number of hydrogen-bond donors (Lipinski definition) is 1. The van der Waals surface area contributed by atoms with Gasteiger partial charge in [0.2, 0.25) is 0 Å². The monoisotopic (exact) mass is 222 g/mol. The van der Waals surface area contributed by atoms with Crippen LogP contribution in [0, 0.1) is 5.82 Å². The highest BCUT2D eigenvalue weighted by atomic mass is 32.1. The number of thiazole rings is 1. The lowest BCUT2D eigenvalue weighted by atomic mass is 10.1. The summed E-state index contributed by atoms with van der Waals surface area (Å²) < 4.78 is 13.3. The molecule has 1 heterocycles. The first-order valence-corrected chi connectivity index (χ1v) is 5.54. The summed E-state index contributed by atoms with van der Waals surface area (Å²) in [5, 5.41) is 2.82. The Hall–Kier alpha value is -1.26. The Kier molecular flexibility index (Phi) is 3.08. The summed E-state index contributed by atoms with van der Waals surface area (Å²) in [6, 6.07) is 6.76. The molecule has 0 spiro atoms. The van der Waals surface area contributed by atoms with Gasteiger partial charge in [0.15, 0.2) is 0 Å². The molecule has 0 aliphatic heterocycles. The third-order valence-corrected chi connectivity index (χ3v) is 3.01. The van der Waals surface area contributed by atoms with Crippen LogP contribution in [0.25, 0.3) is 0 Å². The molecular formula is C11H11FN2S. The number of rotatable bonds is 3. The van der Waals surface area contributed by atoms with E-state index in [1.807, 2.05) is 11.4 Å². The molecule has 0 unspecified atom stereocenters. The summed E-state index contributed by atoms with van der Waals surface area (Å²) in [5.74, 6) is -0.179. The highest BCUT2D eigenvalue weighted by Gasteiger charge is 2.05. The Morgan fingerprint density at radius 2 is 2.13 bits per heavy atom. The molecule has 4 heteroatoms. The second-order valence-corrected chi connectivity index (χ2v) is 4.15. The van der Waals surface area contributed by atoms with Gasteiger partial charge in [-0.3, -0.25) is 0 Å². The van der Waals surface area contributed by atoms with E-state index in [4.69, 9.17) is 5.73 Å². The molecule has 0 fully saturated rings. The van der Waals surface area contributed by atoms with Gasteiger partial charge in [0.1, 0.15) is 5.82 Å². The van der Waals surface area contributed by atoms with Crippen molar-refractivity contribution in [1.82, 2.24) is 4.98 Å². The number of aromatic nitrogens is 1.